The topological polar surface area (TPSA) is 21.3 Å². The molecule has 1 N–H and O–H groups in total. The quantitative estimate of drug-likeness (QED) is 0.280. The molecule has 188 valence electrons. The number of aryl methyl sites for hydroxylation is 1. The molecule has 2 aromatic rings. The second kappa shape index (κ2) is 13.6. The maximum atomic E-state index is 7.27. The maximum Gasteiger partial charge on any atom is 0.172 e. The summed E-state index contributed by atoms with van der Waals surface area (Å²) < 4.78 is 7.27. The van der Waals surface area contributed by atoms with E-state index in [0.29, 0.717) is 6.04 Å². The third kappa shape index (κ3) is 6.22. The second-order valence-electron chi connectivity index (χ2n) is 10.5. The Morgan fingerprint density at radius 1 is 0.853 bits per heavy atom. The average molecular weight is 480 g/mol. The second-order valence-corrected chi connectivity index (χ2v) is 12.8. The van der Waals surface area contributed by atoms with Gasteiger partial charge >= 0.3 is 0 Å². The van der Waals surface area contributed by atoms with Crippen LogP contribution in [0.1, 0.15) is 100.0 Å². The molecule has 3 heteroatoms. The van der Waals surface area contributed by atoms with Crippen molar-refractivity contribution >= 4 is 9.04 Å². The first-order valence-corrected chi connectivity index (χ1v) is 17.0. The van der Waals surface area contributed by atoms with Crippen molar-refractivity contribution in [1.29, 1.82) is 0 Å². The van der Waals surface area contributed by atoms with Crippen molar-refractivity contribution in [3.05, 3.63) is 70.3 Å². The van der Waals surface area contributed by atoms with Crippen LogP contribution in [0.25, 0.3) is 0 Å². The molecule has 1 saturated heterocycles. The summed E-state index contributed by atoms with van der Waals surface area (Å²) in [6.07, 6.45) is 13.5. The lowest BCUT2D eigenvalue weighted by Crippen LogP contribution is -2.51. The molecule has 2 atom stereocenters. The van der Waals surface area contributed by atoms with Gasteiger partial charge in [-0.15, -0.1) is 0 Å². The lowest BCUT2D eigenvalue weighted by Gasteiger charge is -2.44. The van der Waals surface area contributed by atoms with Crippen LogP contribution in [0, 0.1) is 0 Å². The van der Waals surface area contributed by atoms with Crippen LogP contribution in [-0.4, -0.2) is 21.6 Å². The highest BCUT2D eigenvalue weighted by Gasteiger charge is 2.46. The molecule has 2 unspecified atom stereocenters. The van der Waals surface area contributed by atoms with Crippen LogP contribution in [-0.2, 0) is 29.3 Å². The zero-order valence-electron chi connectivity index (χ0n) is 22.6. The summed E-state index contributed by atoms with van der Waals surface area (Å²) in [6.45, 7) is 12.7. The highest BCUT2D eigenvalue weighted by molar-refractivity contribution is 6.48. The largest absolute Gasteiger partial charge is 0.406 e. The summed E-state index contributed by atoms with van der Waals surface area (Å²) in [7, 11) is -1.35. The van der Waals surface area contributed by atoms with Gasteiger partial charge < -0.3 is 9.74 Å². The van der Waals surface area contributed by atoms with Gasteiger partial charge in [-0.2, -0.15) is 0 Å². The Morgan fingerprint density at radius 2 is 1.50 bits per heavy atom. The Morgan fingerprint density at radius 3 is 2.09 bits per heavy atom. The molecule has 1 fully saturated rings. The van der Waals surface area contributed by atoms with Crippen LogP contribution < -0.4 is 5.32 Å². The van der Waals surface area contributed by atoms with E-state index in [-0.39, 0.29) is 0 Å². The summed E-state index contributed by atoms with van der Waals surface area (Å²) in [4.78, 5) is 0. The lowest BCUT2D eigenvalue weighted by molar-refractivity contribution is 0.0703. The van der Waals surface area contributed by atoms with Gasteiger partial charge in [0.05, 0.1) is 0 Å². The molecule has 1 heterocycles. The molecule has 0 bridgehead atoms. The predicted molar refractivity (Wildman–Crippen MR) is 150 cm³/mol. The molecule has 0 aliphatic carbocycles. The van der Waals surface area contributed by atoms with E-state index in [4.69, 9.17) is 4.43 Å². The van der Waals surface area contributed by atoms with E-state index < -0.39 is 14.6 Å². The van der Waals surface area contributed by atoms with Crippen LogP contribution in [0.5, 0.6) is 0 Å². The van der Waals surface area contributed by atoms with Gasteiger partial charge in [0, 0.05) is 6.04 Å². The first-order valence-electron chi connectivity index (χ1n) is 14.2. The Hall–Kier alpha value is -1.42. The van der Waals surface area contributed by atoms with Crippen LogP contribution in [0.15, 0.2) is 42.5 Å². The van der Waals surface area contributed by atoms with Gasteiger partial charge in [0.25, 0.3) is 0 Å². The highest BCUT2D eigenvalue weighted by Crippen LogP contribution is 2.44. The number of hydrogen-bond acceptors (Lipinski definition) is 2. The summed E-state index contributed by atoms with van der Waals surface area (Å²) >= 11 is 0. The number of hydrogen-bond donors (Lipinski definition) is 1. The van der Waals surface area contributed by atoms with Gasteiger partial charge in [0.15, 0.2) is 9.04 Å². The molecule has 3 rings (SSSR count). The van der Waals surface area contributed by atoms with E-state index in [2.05, 4.69) is 81.6 Å². The molecule has 0 spiro atoms. The first kappa shape index (κ1) is 27.2. The normalized spacial score (nSPS) is 17.9. The lowest BCUT2D eigenvalue weighted by atomic mass is 9.74. The Labute approximate surface area is 211 Å². The minimum atomic E-state index is -1.35. The third-order valence-corrected chi connectivity index (χ3v) is 8.31. The minimum absolute atomic E-state index is 0.325. The fraction of sp³-hybridized carbons (Fsp3) is 0.613. The molecular weight excluding hydrogens is 430 g/mol. The third-order valence-electron chi connectivity index (χ3n) is 7.46. The molecule has 0 aromatic heterocycles. The van der Waals surface area contributed by atoms with Gasteiger partial charge in [-0.05, 0) is 98.8 Å². The van der Waals surface area contributed by atoms with Gasteiger partial charge in [0.1, 0.15) is 5.60 Å². The molecule has 0 amide bonds. The van der Waals surface area contributed by atoms with E-state index >= 15 is 0 Å². The molecule has 1 aliphatic rings. The van der Waals surface area contributed by atoms with Crippen LogP contribution in [0.3, 0.4) is 0 Å². The van der Waals surface area contributed by atoms with Crippen molar-refractivity contribution in [1.82, 2.24) is 5.32 Å². The molecule has 34 heavy (non-hydrogen) atoms. The van der Waals surface area contributed by atoms with Crippen LogP contribution in [0.2, 0.25) is 13.1 Å². The molecule has 0 saturated carbocycles. The first-order chi connectivity index (χ1) is 16.6. The zero-order valence-corrected chi connectivity index (χ0v) is 23.7. The number of benzene rings is 2. The van der Waals surface area contributed by atoms with Crippen molar-refractivity contribution in [3.8, 4) is 0 Å². The summed E-state index contributed by atoms with van der Waals surface area (Å²) in [5.74, 6) is 0. The van der Waals surface area contributed by atoms with Crippen LogP contribution >= 0.6 is 0 Å². The summed E-state index contributed by atoms with van der Waals surface area (Å²) in [5, 5.41) is 3.89. The Kier molecular flexibility index (Phi) is 10.9. The molecule has 1 aliphatic heterocycles. The monoisotopic (exact) mass is 479 g/mol. The molecular formula is C31H49NOSi. The standard InChI is InChI=1S/C31H49NOSi/c1-6-9-16-25-22-23-29(28(20-11-8-3)27(25)19-10-7-2)31(33-34(4)5,30-21-15-24-32-30)26-17-13-12-14-18-26/h12-14,17-18,22-23,30,32,34H,6-11,15-16,19-21,24H2,1-5H3. The van der Waals surface area contributed by atoms with Crippen molar-refractivity contribution in [3.63, 3.8) is 0 Å². The van der Waals surface area contributed by atoms with Gasteiger partial charge in [-0.3, -0.25) is 0 Å². The SMILES string of the molecule is CCCCc1ccc(C(O[SiH](C)C)(c2ccccc2)C2CCCN2)c(CCCC)c1CCCC. The van der Waals surface area contributed by atoms with Gasteiger partial charge in [-0.25, -0.2) is 0 Å². The zero-order chi connectivity index (χ0) is 24.4. The van der Waals surface area contributed by atoms with Gasteiger partial charge in [-0.1, -0.05) is 82.5 Å². The van der Waals surface area contributed by atoms with E-state index in [9.17, 15) is 0 Å². The van der Waals surface area contributed by atoms with Crippen LogP contribution in [0.4, 0.5) is 0 Å². The summed E-state index contributed by atoms with van der Waals surface area (Å²) in [6, 6.07) is 16.5. The fourth-order valence-corrected chi connectivity index (χ4v) is 7.01. The van der Waals surface area contributed by atoms with Gasteiger partial charge in [0.2, 0.25) is 0 Å². The Bertz CT molecular complexity index is 859. The highest BCUT2D eigenvalue weighted by atomic mass is 28.3. The molecule has 0 radical (unpaired) electrons. The predicted octanol–water partition coefficient (Wildman–Crippen LogP) is 7.71. The Balaban J connectivity index is 2.30. The fourth-order valence-electron chi connectivity index (χ4n) is 5.84. The minimum Gasteiger partial charge on any atom is -0.406 e. The van der Waals surface area contributed by atoms with Crippen molar-refractivity contribution in [2.45, 2.75) is 116 Å². The smallest absolute Gasteiger partial charge is 0.172 e. The van der Waals surface area contributed by atoms with E-state index in [1.165, 1.54) is 75.3 Å². The average Bonchev–Trinajstić information content (AvgIpc) is 3.39. The number of rotatable bonds is 14. The van der Waals surface area contributed by atoms with Crippen molar-refractivity contribution in [2.75, 3.05) is 6.54 Å². The number of nitrogens with one attached hydrogen (secondary N) is 1. The van der Waals surface area contributed by atoms with Crippen molar-refractivity contribution < 1.29 is 4.43 Å². The number of unbranched alkanes of at least 4 members (excludes halogenated alkanes) is 3. The molecule has 2 nitrogen and oxygen atoms in total. The van der Waals surface area contributed by atoms with E-state index in [0.717, 1.165) is 13.0 Å². The maximum absolute atomic E-state index is 7.27. The van der Waals surface area contributed by atoms with Crippen molar-refractivity contribution in [2.24, 2.45) is 0 Å². The van der Waals surface area contributed by atoms with E-state index in [1.54, 1.807) is 16.7 Å². The van der Waals surface area contributed by atoms with E-state index in [1.807, 2.05) is 0 Å². The molecule has 2 aromatic carbocycles. The summed E-state index contributed by atoms with van der Waals surface area (Å²) in [5.41, 5.74) is 7.24.